The maximum atomic E-state index is 12.8. The summed E-state index contributed by atoms with van der Waals surface area (Å²) in [5.74, 6) is 1.55. The van der Waals surface area contributed by atoms with Gasteiger partial charge in [-0.2, -0.15) is 0 Å². The quantitative estimate of drug-likeness (QED) is 0.717. The molecule has 2 aliphatic rings. The summed E-state index contributed by atoms with van der Waals surface area (Å²) < 4.78 is 26.2. The number of piperidine rings is 1. The summed E-state index contributed by atoms with van der Waals surface area (Å²) in [5.41, 5.74) is 1.33. The van der Waals surface area contributed by atoms with Crippen LogP contribution in [-0.4, -0.2) is 66.5 Å². The average Bonchev–Trinajstić information content (AvgIpc) is 2.67. The molecule has 2 fully saturated rings. The number of carbonyl (C=O) groups excluding carboxylic acids is 1. The SMILES string of the molecule is CN(C)c1ccc(S(=O)(=O)N(C)C)cc1NC(=O)C[NH+]1CC[C@H]2CCCC[C@@H]2C1. The molecule has 1 heterocycles. The number of likely N-dealkylation sites (tertiary alicyclic amines) is 1. The summed E-state index contributed by atoms with van der Waals surface area (Å²) in [7, 11) is 3.21. The molecule has 7 nitrogen and oxygen atoms in total. The molecular formula is C21H35N4O3S+. The van der Waals surface area contributed by atoms with Crippen molar-refractivity contribution in [3.05, 3.63) is 18.2 Å². The Kier molecular flexibility index (Phi) is 6.86. The van der Waals surface area contributed by atoms with Crippen LogP contribution in [0.4, 0.5) is 11.4 Å². The Balaban J connectivity index is 1.71. The van der Waals surface area contributed by atoms with Gasteiger partial charge in [0.15, 0.2) is 6.54 Å². The van der Waals surface area contributed by atoms with E-state index in [1.54, 1.807) is 18.2 Å². The lowest BCUT2D eigenvalue weighted by Crippen LogP contribution is -3.15. The maximum Gasteiger partial charge on any atom is 0.279 e. The van der Waals surface area contributed by atoms with Gasteiger partial charge in [0.2, 0.25) is 10.0 Å². The Morgan fingerprint density at radius 3 is 2.45 bits per heavy atom. The molecule has 2 N–H and O–H groups in total. The van der Waals surface area contributed by atoms with Crippen molar-refractivity contribution in [1.82, 2.24) is 4.31 Å². The number of quaternary nitrogens is 1. The molecular weight excluding hydrogens is 388 g/mol. The summed E-state index contributed by atoms with van der Waals surface area (Å²) in [6.07, 6.45) is 6.54. The molecule has 162 valence electrons. The monoisotopic (exact) mass is 423 g/mol. The lowest BCUT2D eigenvalue weighted by Gasteiger charge is -2.38. The van der Waals surface area contributed by atoms with Crippen molar-refractivity contribution in [3.8, 4) is 0 Å². The third-order valence-electron chi connectivity index (χ3n) is 6.40. The lowest BCUT2D eigenvalue weighted by molar-refractivity contribution is -0.902. The van der Waals surface area contributed by atoms with Crippen LogP contribution in [0.5, 0.6) is 0 Å². The number of nitrogens with zero attached hydrogens (tertiary/aromatic N) is 2. The molecule has 1 aromatic carbocycles. The number of carbonyl (C=O) groups is 1. The fourth-order valence-corrected chi connectivity index (χ4v) is 5.68. The number of hydrogen-bond donors (Lipinski definition) is 2. The second-order valence-electron chi connectivity index (χ2n) is 8.88. The van der Waals surface area contributed by atoms with E-state index in [0.717, 1.165) is 30.6 Å². The highest BCUT2D eigenvalue weighted by Gasteiger charge is 2.34. The second kappa shape index (κ2) is 9.02. The molecule has 0 radical (unpaired) electrons. The van der Waals surface area contributed by atoms with Crippen molar-refractivity contribution in [3.63, 3.8) is 0 Å². The van der Waals surface area contributed by atoms with E-state index in [1.807, 2.05) is 19.0 Å². The number of rotatable bonds is 6. The number of benzene rings is 1. The van der Waals surface area contributed by atoms with Crippen molar-refractivity contribution in [2.75, 3.05) is 58.0 Å². The third-order valence-corrected chi connectivity index (χ3v) is 8.21. The smallest absolute Gasteiger partial charge is 0.279 e. The summed E-state index contributed by atoms with van der Waals surface area (Å²) in [6.45, 7) is 2.55. The van der Waals surface area contributed by atoms with Crippen molar-refractivity contribution in [1.29, 1.82) is 0 Å². The van der Waals surface area contributed by atoms with Crippen LogP contribution in [0, 0.1) is 11.8 Å². The van der Waals surface area contributed by atoms with Gasteiger partial charge in [-0.3, -0.25) is 4.79 Å². The molecule has 1 aromatic rings. The third kappa shape index (κ3) is 5.10. The first kappa shape index (κ1) is 22.1. The number of fused-ring (bicyclic) bond motifs is 1. The minimum Gasteiger partial charge on any atom is -0.376 e. The number of nitrogens with one attached hydrogen (secondary N) is 2. The Morgan fingerprint density at radius 1 is 1.10 bits per heavy atom. The van der Waals surface area contributed by atoms with E-state index in [4.69, 9.17) is 0 Å². The van der Waals surface area contributed by atoms with Crippen LogP contribution < -0.4 is 15.1 Å². The van der Waals surface area contributed by atoms with Gasteiger partial charge in [-0.05, 0) is 43.4 Å². The predicted molar refractivity (Wildman–Crippen MR) is 116 cm³/mol. The first-order valence-electron chi connectivity index (χ1n) is 10.6. The van der Waals surface area contributed by atoms with Gasteiger partial charge in [0.05, 0.1) is 29.4 Å². The van der Waals surface area contributed by atoms with Crippen LogP contribution in [0.25, 0.3) is 0 Å². The molecule has 1 amide bonds. The molecule has 0 bridgehead atoms. The van der Waals surface area contributed by atoms with Crippen LogP contribution in [-0.2, 0) is 14.8 Å². The molecule has 1 saturated carbocycles. The number of anilines is 2. The summed E-state index contributed by atoms with van der Waals surface area (Å²) in [4.78, 5) is 16.2. The van der Waals surface area contributed by atoms with Crippen LogP contribution in [0.2, 0.25) is 0 Å². The molecule has 1 unspecified atom stereocenters. The fourth-order valence-electron chi connectivity index (χ4n) is 4.75. The van der Waals surface area contributed by atoms with Crippen LogP contribution >= 0.6 is 0 Å². The number of hydrogen-bond acceptors (Lipinski definition) is 4. The van der Waals surface area contributed by atoms with Crippen molar-refractivity contribution in [2.45, 2.75) is 37.0 Å². The van der Waals surface area contributed by atoms with Gasteiger partial charge in [-0.1, -0.05) is 12.8 Å². The molecule has 0 spiro atoms. The summed E-state index contributed by atoms with van der Waals surface area (Å²) in [6, 6.07) is 4.89. The van der Waals surface area contributed by atoms with Crippen molar-refractivity contribution in [2.24, 2.45) is 11.8 Å². The number of sulfonamides is 1. The molecule has 1 aliphatic carbocycles. The standard InChI is InChI=1S/C21H34N4O3S/c1-23(2)20-10-9-18(29(27,28)24(3)4)13-19(20)22-21(26)15-25-12-11-16-7-5-6-8-17(16)14-25/h9-10,13,16-17H,5-8,11-12,14-15H2,1-4H3,(H,22,26)/p+1/t16-,17-/m1/s1. The van der Waals surface area contributed by atoms with E-state index in [0.29, 0.717) is 12.2 Å². The zero-order valence-corrected chi connectivity index (χ0v) is 18.9. The first-order chi connectivity index (χ1) is 13.7. The molecule has 3 atom stereocenters. The van der Waals surface area contributed by atoms with Gasteiger partial charge >= 0.3 is 0 Å². The number of amides is 1. The van der Waals surface area contributed by atoms with Crippen LogP contribution in [0.3, 0.4) is 0 Å². The predicted octanol–water partition coefficient (Wildman–Crippen LogP) is 1.04. The minimum absolute atomic E-state index is 0.0586. The van der Waals surface area contributed by atoms with E-state index in [9.17, 15) is 13.2 Å². The Hall–Kier alpha value is -1.64. The van der Waals surface area contributed by atoms with Crippen molar-refractivity contribution < 1.29 is 18.1 Å². The largest absolute Gasteiger partial charge is 0.376 e. The summed E-state index contributed by atoms with van der Waals surface area (Å²) in [5, 5.41) is 2.98. The van der Waals surface area contributed by atoms with Crippen LogP contribution in [0.15, 0.2) is 23.1 Å². The highest BCUT2D eigenvalue weighted by Crippen LogP contribution is 2.32. The molecule has 29 heavy (non-hydrogen) atoms. The summed E-state index contributed by atoms with van der Waals surface area (Å²) >= 11 is 0. The van der Waals surface area contributed by atoms with Gasteiger partial charge in [0.25, 0.3) is 5.91 Å². The van der Waals surface area contributed by atoms with Gasteiger partial charge in [0, 0.05) is 34.1 Å². The topological polar surface area (TPSA) is 74.2 Å². The van der Waals surface area contributed by atoms with Gasteiger partial charge in [0.1, 0.15) is 0 Å². The molecule has 1 aliphatic heterocycles. The van der Waals surface area contributed by atoms with E-state index in [-0.39, 0.29) is 10.8 Å². The molecule has 8 heteroatoms. The van der Waals surface area contributed by atoms with E-state index in [1.165, 1.54) is 55.4 Å². The van der Waals surface area contributed by atoms with Crippen molar-refractivity contribution >= 4 is 27.3 Å². The van der Waals surface area contributed by atoms with Crippen LogP contribution in [0.1, 0.15) is 32.1 Å². The van der Waals surface area contributed by atoms with Gasteiger partial charge in [-0.25, -0.2) is 12.7 Å². The zero-order valence-electron chi connectivity index (χ0n) is 18.1. The molecule has 1 saturated heterocycles. The first-order valence-corrected chi connectivity index (χ1v) is 12.0. The lowest BCUT2D eigenvalue weighted by atomic mass is 9.75. The highest BCUT2D eigenvalue weighted by atomic mass is 32.2. The second-order valence-corrected chi connectivity index (χ2v) is 11.0. The van der Waals surface area contributed by atoms with E-state index in [2.05, 4.69) is 5.32 Å². The van der Waals surface area contributed by atoms with E-state index < -0.39 is 10.0 Å². The Bertz CT molecular complexity index is 838. The average molecular weight is 424 g/mol. The van der Waals surface area contributed by atoms with Gasteiger partial charge < -0.3 is 15.1 Å². The maximum absolute atomic E-state index is 12.8. The highest BCUT2D eigenvalue weighted by molar-refractivity contribution is 7.89. The van der Waals surface area contributed by atoms with Gasteiger partial charge in [-0.15, -0.1) is 0 Å². The minimum atomic E-state index is -3.56. The molecule has 3 rings (SSSR count). The Labute approximate surface area is 175 Å². The normalized spacial score (nSPS) is 24.8. The Morgan fingerprint density at radius 2 is 1.79 bits per heavy atom. The fraction of sp³-hybridized carbons (Fsp3) is 0.667. The molecule has 0 aromatic heterocycles. The van der Waals surface area contributed by atoms with E-state index >= 15 is 0 Å². The zero-order chi connectivity index (χ0) is 21.2.